The fraction of sp³-hybridized carbons (Fsp3) is 0.125. The average Bonchev–Trinajstić information content (AvgIpc) is 2.19. The van der Waals surface area contributed by atoms with Crippen molar-refractivity contribution in [2.24, 2.45) is 4.52 Å². The van der Waals surface area contributed by atoms with Crippen LogP contribution in [0.15, 0.2) is 28.8 Å². The maximum absolute atomic E-state index is 11.0. The van der Waals surface area contributed by atoms with Gasteiger partial charge in [0.25, 0.3) is 0 Å². The number of rotatable bonds is 4. The van der Waals surface area contributed by atoms with Crippen LogP contribution in [0.5, 0.6) is 5.75 Å². The van der Waals surface area contributed by atoms with Crippen LogP contribution in [0.25, 0.3) is 10.4 Å². The standard InChI is InChI=1S/C8H8N4O4S/c1-6(13)10-7-2-4-8(5-3-7)16-17(14,15)12-11-9/h2-5H,1H3,(H,10,13). The van der Waals surface area contributed by atoms with Crippen molar-refractivity contribution in [3.05, 3.63) is 34.7 Å². The Hall–Kier alpha value is -2.25. The lowest BCUT2D eigenvalue weighted by atomic mass is 10.3. The van der Waals surface area contributed by atoms with Crippen LogP contribution >= 0.6 is 0 Å². The van der Waals surface area contributed by atoms with Crippen molar-refractivity contribution in [2.75, 3.05) is 5.32 Å². The number of hydrogen-bond acceptors (Lipinski definition) is 4. The van der Waals surface area contributed by atoms with Crippen molar-refractivity contribution in [2.45, 2.75) is 6.92 Å². The summed E-state index contributed by atoms with van der Waals surface area (Å²) in [6.45, 7) is 1.34. The molecule has 1 amide bonds. The van der Waals surface area contributed by atoms with E-state index >= 15 is 0 Å². The van der Waals surface area contributed by atoms with E-state index in [-0.39, 0.29) is 11.7 Å². The van der Waals surface area contributed by atoms with E-state index in [2.05, 4.69) is 18.9 Å². The maximum atomic E-state index is 11.0. The quantitative estimate of drug-likeness (QED) is 0.499. The van der Waals surface area contributed by atoms with E-state index in [9.17, 15) is 13.2 Å². The molecule has 0 saturated heterocycles. The molecule has 1 aromatic carbocycles. The third-order valence-electron chi connectivity index (χ3n) is 1.51. The fourth-order valence-electron chi connectivity index (χ4n) is 0.980. The van der Waals surface area contributed by atoms with Gasteiger partial charge in [-0.25, -0.2) is 0 Å². The molecule has 9 heteroatoms. The molecule has 0 atom stereocenters. The number of hydrogen-bond donors (Lipinski definition) is 1. The van der Waals surface area contributed by atoms with E-state index in [0.29, 0.717) is 5.69 Å². The topological polar surface area (TPSA) is 121 Å². The molecule has 1 rings (SSSR count). The minimum atomic E-state index is -4.30. The van der Waals surface area contributed by atoms with Gasteiger partial charge in [0.1, 0.15) is 5.75 Å². The summed E-state index contributed by atoms with van der Waals surface area (Å²) < 4.78 is 28.8. The molecule has 0 saturated carbocycles. The van der Waals surface area contributed by atoms with Crippen molar-refractivity contribution in [3.8, 4) is 5.75 Å². The summed E-state index contributed by atoms with van der Waals surface area (Å²) in [5, 5.41) is 2.49. The molecule has 0 aromatic heterocycles. The van der Waals surface area contributed by atoms with E-state index in [1.807, 2.05) is 0 Å². The van der Waals surface area contributed by atoms with Gasteiger partial charge in [0.15, 0.2) is 0 Å². The van der Waals surface area contributed by atoms with Gasteiger partial charge in [-0.15, -0.1) is 0 Å². The van der Waals surface area contributed by atoms with Crippen LogP contribution in [0.3, 0.4) is 0 Å². The molecular weight excluding hydrogens is 248 g/mol. The summed E-state index contributed by atoms with van der Waals surface area (Å²) in [5.74, 6) is -0.271. The van der Waals surface area contributed by atoms with Crippen molar-refractivity contribution in [1.29, 1.82) is 0 Å². The molecule has 0 aliphatic rings. The molecule has 0 radical (unpaired) electrons. The van der Waals surface area contributed by atoms with E-state index in [1.165, 1.54) is 31.2 Å². The number of anilines is 1. The molecule has 90 valence electrons. The van der Waals surface area contributed by atoms with Gasteiger partial charge in [0.2, 0.25) is 5.91 Å². The molecule has 0 fully saturated rings. The van der Waals surface area contributed by atoms with Crippen molar-refractivity contribution < 1.29 is 17.4 Å². The summed E-state index contributed by atoms with van der Waals surface area (Å²) in [7, 11) is -4.30. The Morgan fingerprint density at radius 3 is 2.47 bits per heavy atom. The van der Waals surface area contributed by atoms with Crippen LogP contribution in [-0.2, 0) is 15.1 Å². The third kappa shape index (κ3) is 4.41. The number of carbonyl (C=O) groups is 1. The third-order valence-corrected chi connectivity index (χ3v) is 2.19. The molecular formula is C8H8N4O4S. The predicted octanol–water partition coefficient (Wildman–Crippen LogP) is 1.58. The fourth-order valence-corrected chi connectivity index (χ4v) is 1.46. The number of nitrogens with zero attached hydrogens (tertiary/aromatic N) is 3. The molecule has 1 N–H and O–H groups in total. The van der Waals surface area contributed by atoms with Gasteiger partial charge in [-0.3, -0.25) is 4.79 Å². The summed E-state index contributed by atoms with van der Waals surface area (Å²) in [4.78, 5) is 12.8. The van der Waals surface area contributed by atoms with Gasteiger partial charge in [0.05, 0.1) is 4.52 Å². The summed E-state index contributed by atoms with van der Waals surface area (Å²) in [6, 6.07) is 5.52. The van der Waals surface area contributed by atoms with E-state index in [4.69, 9.17) is 5.53 Å². The van der Waals surface area contributed by atoms with Gasteiger partial charge < -0.3 is 9.50 Å². The maximum Gasteiger partial charge on any atom is 0.403 e. The summed E-state index contributed by atoms with van der Waals surface area (Å²) in [5.41, 5.74) is 8.47. The van der Waals surface area contributed by atoms with E-state index < -0.39 is 10.3 Å². The highest BCUT2D eigenvalue weighted by atomic mass is 32.2. The lowest BCUT2D eigenvalue weighted by Gasteiger charge is -2.04. The van der Waals surface area contributed by atoms with Crippen molar-refractivity contribution >= 4 is 21.9 Å². The summed E-state index contributed by atoms with van der Waals surface area (Å²) in [6.07, 6.45) is 0. The van der Waals surface area contributed by atoms with Crippen LogP contribution in [0.4, 0.5) is 5.69 Å². The first-order valence-electron chi connectivity index (χ1n) is 4.31. The van der Waals surface area contributed by atoms with Crippen molar-refractivity contribution in [1.82, 2.24) is 0 Å². The molecule has 0 bridgehead atoms. The zero-order valence-corrected chi connectivity index (χ0v) is 9.51. The highest BCUT2D eigenvalue weighted by Crippen LogP contribution is 2.17. The molecule has 8 nitrogen and oxygen atoms in total. The van der Waals surface area contributed by atoms with Crippen LogP contribution in [0.2, 0.25) is 0 Å². The zero-order valence-electron chi connectivity index (χ0n) is 8.69. The zero-order chi connectivity index (χ0) is 12.9. The van der Waals surface area contributed by atoms with Crippen LogP contribution in [0.1, 0.15) is 6.92 Å². The lowest BCUT2D eigenvalue weighted by molar-refractivity contribution is -0.114. The van der Waals surface area contributed by atoms with E-state index in [1.54, 1.807) is 0 Å². The van der Waals surface area contributed by atoms with Crippen LogP contribution in [-0.4, -0.2) is 14.3 Å². The van der Waals surface area contributed by atoms with Crippen LogP contribution in [0, 0.1) is 0 Å². The second-order valence-electron chi connectivity index (χ2n) is 2.89. The molecule has 0 aliphatic carbocycles. The number of benzene rings is 1. The lowest BCUT2D eigenvalue weighted by Crippen LogP contribution is -2.06. The second-order valence-corrected chi connectivity index (χ2v) is 4.07. The first-order valence-corrected chi connectivity index (χ1v) is 5.68. The Bertz CT molecular complexity index is 560. The Labute approximate surface area is 97.1 Å². The summed E-state index contributed by atoms with van der Waals surface area (Å²) >= 11 is 0. The Kier molecular flexibility index (Phi) is 3.91. The molecule has 1 aromatic rings. The monoisotopic (exact) mass is 256 g/mol. The SMILES string of the molecule is CC(=O)Nc1ccc(OS(=O)(=O)N=[N+]=[N-])cc1. The minimum absolute atomic E-state index is 0.0218. The van der Waals surface area contributed by atoms with Crippen molar-refractivity contribution in [3.63, 3.8) is 0 Å². The second kappa shape index (κ2) is 5.19. The number of nitrogens with one attached hydrogen (secondary N) is 1. The molecule has 0 spiro atoms. The molecule has 17 heavy (non-hydrogen) atoms. The average molecular weight is 256 g/mol. The highest BCUT2D eigenvalue weighted by Gasteiger charge is 2.09. The van der Waals surface area contributed by atoms with Gasteiger partial charge in [0, 0.05) is 17.5 Å². The molecule has 0 heterocycles. The Morgan fingerprint density at radius 2 is 2.00 bits per heavy atom. The largest absolute Gasteiger partial charge is 0.403 e. The van der Waals surface area contributed by atoms with Gasteiger partial charge in [-0.1, -0.05) is 0 Å². The smallest absolute Gasteiger partial charge is 0.377 e. The van der Waals surface area contributed by atoms with E-state index in [0.717, 1.165) is 0 Å². The van der Waals surface area contributed by atoms with Gasteiger partial charge in [-0.2, -0.15) is 8.42 Å². The number of amides is 1. The van der Waals surface area contributed by atoms with Crippen LogP contribution < -0.4 is 9.50 Å². The molecule has 0 unspecified atom stereocenters. The first-order chi connectivity index (χ1) is 7.93. The highest BCUT2D eigenvalue weighted by molar-refractivity contribution is 7.85. The van der Waals surface area contributed by atoms with Gasteiger partial charge in [-0.05, 0) is 29.8 Å². The Balaban J connectivity index is 2.82. The predicted molar refractivity (Wildman–Crippen MR) is 59.4 cm³/mol. The first kappa shape index (κ1) is 12.8. The minimum Gasteiger partial charge on any atom is -0.377 e. The Morgan fingerprint density at radius 1 is 1.41 bits per heavy atom. The molecule has 0 aliphatic heterocycles. The number of carbonyl (C=O) groups excluding carboxylic acids is 1. The number of azide groups is 1. The normalized spacial score (nSPS) is 10.2. The van der Waals surface area contributed by atoms with Gasteiger partial charge >= 0.3 is 10.3 Å².